The molecule has 1 saturated heterocycles. The number of carbonyl (C=O) groups is 4. The monoisotopic (exact) mass is 883 g/mol. The second-order valence-electron chi connectivity index (χ2n) is 17.7. The summed E-state index contributed by atoms with van der Waals surface area (Å²) in [6, 6.07) is 4.96. The minimum absolute atomic E-state index is 0.0129. The summed E-state index contributed by atoms with van der Waals surface area (Å²) >= 11 is 0. The summed E-state index contributed by atoms with van der Waals surface area (Å²) in [4.78, 5) is 66.4. The predicted molar refractivity (Wildman–Crippen MR) is 227 cm³/mol. The van der Waals surface area contributed by atoms with Crippen molar-refractivity contribution in [3.8, 4) is 11.5 Å². The lowest BCUT2D eigenvalue weighted by Gasteiger charge is -2.48. The van der Waals surface area contributed by atoms with Gasteiger partial charge in [-0.3, -0.25) is 24.2 Å². The van der Waals surface area contributed by atoms with Gasteiger partial charge in [-0.05, 0) is 85.5 Å². The Morgan fingerprint density at radius 3 is 2.41 bits per heavy atom. The molecule has 3 aliphatic heterocycles. The number of ether oxygens (including phenoxy) is 6. The van der Waals surface area contributed by atoms with Crippen LogP contribution in [0.2, 0.25) is 0 Å². The van der Waals surface area contributed by atoms with Crippen molar-refractivity contribution in [3.05, 3.63) is 47.4 Å². The maximum atomic E-state index is 14.7. The first kappa shape index (κ1) is 49.4. The molecule has 63 heavy (non-hydrogen) atoms. The second kappa shape index (κ2) is 20.9. The van der Waals surface area contributed by atoms with Gasteiger partial charge in [-0.1, -0.05) is 37.1 Å². The average molecular weight is 884 g/mol. The van der Waals surface area contributed by atoms with Crippen molar-refractivity contribution in [3.63, 3.8) is 0 Å². The largest absolute Gasteiger partial charge is 0.459 e. The Bertz CT molecular complexity index is 1970. The zero-order valence-electron chi connectivity index (χ0n) is 38.5. The van der Waals surface area contributed by atoms with Gasteiger partial charge in [0.15, 0.2) is 23.9 Å². The zero-order chi connectivity index (χ0) is 46.4. The lowest BCUT2D eigenvalue weighted by atomic mass is 9.76. The Labute approximate surface area is 369 Å². The number of oxime groups is 1. The van der Waals surface area contributed by atoms with Crippen LogP contribution in [0.4, 0.5) is 0 Å². The van der Waals surface area contributed by atoms with E-state index in [9.17, 15) is 24.3 Å². The molecule has 0 unspecified atom stereocenters. The van der Waals surface area contributed by atoms with Crippen LogP contribution in [0.5, 0.6) is 0 Å². The SMILES string of the molecule is CC[C@H]1OC(=O)[C@H](C)C(=O)[C@H](C)[C@@H](O[C@@H]2O[C@H](C)C[C@H](N(C)C)[C@H]2OC(C)=O)[C@@]2(C)C[C@@H](C)C(NC(C)=O)=C(C)[C@@H](OCC(=NOCc3ccc(-c4ccno4)nc3)CO2)[C@]1(C)O. The molecule has 0 radical (unpaired) electrons. The van der Waals surface area contributed by atoms with E-state index in [1.165, 1.54) is 33.9 Å². The van der Waals surface area contributed by atoms with E-state index in [1.807, 2.05) is 38.9 Å². The van der Waals surface area contributed by atoms with Crippen molar-refractivity contribution in [1.82, 2.24) is 20.4 Å². The molecule has 0 spiro atoms. The van der Waals surface area contributed by atoms with Crippen molar-refractivity contribution in [2.45, 2.75) is 149 Å². The standard InChI is InChI=1S/C45H65N5O13/c1-13-36-45(10,55)41-26(4)37(48-29(7)51)24(2)19-44(9,57-23-32(22-56-41)49-58-21-31-14-15-33(46-20-31)35-16-17-47-63-35)40(27(5)38(53)28(6)42(54)61-36)62-43-39(60-30(8)52)34(50(11)12)18-25(3)59-43/h14-17,20,24-25,27-28,34,36,39-41,43,55H,13,18-19,21-23H2,1-12H3,(H,48,51)/t24-,25-,27+,28-,34+,36-,39-,40-,41-,43+,44-,45-/m1/s1. The third-order valence-electron chi connectivity index (χ3n) is 12.2. The lowest BCUT2D eigenvalue weighted by Crippen LogP contribution is -2.60. The fourth-order valence-electron chi connectivity index (χ4n) is 8.94. The van der Waals surface area contributed by atoms with Crippen LogP contribution in [0.3, 0.4) is 0 Å². The summed E-state index contributed by atoms with van der Waals surface area (Å²) in [7, 11) is 3.74. The van der Waals surface area contributed by atoms with E-state index in [1.54, 1.807) is 46.0 Å². The predicted octanol–water partition coefficient (Wildman–Crippen LogP) is 4.53. The number of hydrogen-bond donors (Lipinski definition) is 2. The number of nitrogens with zero attached hydrogens (tertiary/aromatic N) is 4. The van der Waals surface area contributed by atoms with E-state index in [0.29, 0.717) is 34.7 Å². The van der Waals surface area contributed by atoms with Gasteiger partial charge in [0, 0.05) is 43.3 Å². The molecule has 5 rings (SSSR count). The van der Waals surface area contributed by atoms with Crippen molar-refractivity contribution in [2.75, 3.05) is 27.3 Å². The zero-order valence-corrected chi connectivity index (χ0v) is 38.5. The Morgan fingerprint density at radius 2 is 1.81 bits per heavy atom. The number of cyclic esters (lactones) is 1. The molecular weight excluding hydrogens is 819 g/mol. The number of fused-ring (bicyclic) bond motifs is 4. The number of likely N-dealkylation sites (N-methyl/N-ethyl adjacent to an activating group) is 1. The highest BCUT2D eigenvalue weighted by Gasteiger charge is 2.52. The minimum atomic E-state index is -1.90. The summed E-state index contributed by atoms with van der Waals surface area (Å²) < 4.78 is 44.0. The summed E-state index contributed by atoms with van der Waals surface area (Å²) in [5, 5.41) is 23.7. The van der Waals surface area contributed by atoms with Crippen LogP contribution in [0.15, 0.2) is 51.5 Å². The van der Waals surface area contributed by atoms with Crippen LogP contribution in [0, 0.1) is 17.8 Å². The molecule has 2 aromatic rings. The van der Waals surface area contributed by atoms with Crippen LogP contribution in [0.25, 0.3) is 11.5 Å². The Balaban J connectivity index is 1.67. The number of nitrogens with one attached hydrogen (secondary N) is 1. The van der Waals surface area contributed by atoms with Gasteiger partial charge < -0.3 is 53.1 Å². The average Bonchev–Trinajstić information content (AvgIpc) is 3.76. The van der Waals surface area contributed by atoms with E-state index >= 15 is 0 Å². The first-order chi connectivity index (χ1) is 29.7. The van der Waals surface area contributed by atoms with Crippen LogP contribution < -0.4 is 5.32 Å². The summed E-state index contributed by atoms with van der Waals surface area (Å²) in [5.41, 5.74) is -0.911. The summed E-state index contributed by atoms with van der Waals surface area (Å²) in [5.74, 6) is -4.69. The number of carbonyl (C=O) groups excluding carboxylic acids is 4. The highest BCUT2D eigenvalue weighted by atomic mass is 16.7. The third-order valence-corrected chi connectivity index (χ3v) is 12.2. The van der Waals surface area contributed by atoms with Gasteiger partial charge in [-0.25, -0.2) is 0 Å². The molecular formula is C45H65N5O13. The molecule has 18 nitrogen and oxygen atoms in total. The normalized spacial score (nSPS) is 34.4. The summed E-state index contributed by atoms with van der Waals surface area (Å²) in [6.07, 6.45) is -2.04. The van der Waals surface area contributed by atoms with Crippen LogP contribution in [-0.2, 0) is 59.0 Å². The minimum Gasteiger partial charge on any atom is -0.459 e. The topological polar surface area (TPSA) is 220 Å². The molecule has 2 bridgehead atoms. The number of Topliss-reactive ketones (excluding diaryl/α,β-unsaturated/α-hetero) is 1. The number of allylic oxidation sites excluding steroid dienone is 1. The number of rotatable bonds is 10. The van der Waals surface area contributed by atoms with Crippen molar-refractivity contribution < 1.29 is 62.1 Å². The number of amides is 1. The maximum Gasteiger partial charge on any atom is 0.316 e. The smallest absolute Gasteiger partial charge is 0.316 e. The van der Waals surface area contributed by atoms with Gasteiger partial charge >= 0.3 is 11.9 Å². The van der Waals surface area contributed by atoms with Gasteiger partial charge in [0.1, 0.15) is 41.7 Å². The van der Waals surface area contributed by atoms with Gasteiger partial charge in [-0.2, -0.15) is 0 Å². The Hall–Kier alpha value is -4.59. The third kappa shape index (κ3) is 11.8. The van der Waals surface area contributed by atoms with Gasteiger partial charge in [-0.15, -0.1) is 0 Å². The fraction of sp³-hybridized carbons (Fsp3) is 0.667. The van der Waals surface area contributed by atoms with E-state index in [4.69, 9.17) is 37.8 Å². The first-order valence-electron chi connectivity index (χ1n) is 21.5. The quantitative estimate of drug-likeness (QED) is 0.190. The summed E-state index contributed by atoms with van der Waals surface area (Å²) in [6.45, 7) is 15.9. The van der Waals surface area contributed by atoms with Gasteiger partial charge in [0.25, 0.3) is 0 Å². The molecule has 2 aromatic heterocycles. The van der Waals surface area contributed by atoms with Crippen molar-refractivity contribution in [1.29, 1.82) is 0 Å². The van der Waals surface area contributed by atoms with Crippen molar-refractivity contribution in [2.24, 2.45) is 22.9 Å². The Morgan fingerprint density at radius 1 is 1.08 bits per heavy atom. The molecule has 0 aliphatic carbocycles. The van der Waals surface area contributed by atoms with Gasteiger partial charge in [0.05, 0.1) is 43.3 Å². The maximum absolute atomic E-state index is 14.7. The number of aliphatic hydroxyl groups is 1. The van der Waals surface area contributed by atoms with E-state index in [-0.39, 0.29) is 56.4 Å². The molecule has 2 N–H and O–H groups in total. The first-order valence-corrected chi connectivity index (χ1v) is 21.5. The van der Waals surface area contributed by atoms with E-state index in [2.05, 4.69) is 20.6 Å². The highest BCUT2D eigenvalue weighted by Crippen LogP contribution is 2.41. The van der Waals surface area contributed by atoms with Crippen LogP contribution >= 0.6 is 0 Å². The molecule has 0 saturated carbocycles. The number of hydrogen-bond acceptors (Lipinski definition) is 17. The van der Waals surface area contributed by atoms with E-state index < -0.39 is 77.4 Å². The molecule has 348 valence electrons. The molecule has 0 aromatic carbocycles. The van der Waals surface area contributed by atoms with Crippen LogP contribution in [0.1, 0.15) is 94.1 Å². The van der Waals surface area contributed by atoms with Crippen LogP contribution in [-0.4, -0.2) is 131 Å². The number of ketones is 1. The van der Waals surface area contributed by atoms with E-state index in [0.717, 1.165) is 0 Å². The Kier molecular flexibility index (Phi) is 16.4. The molecule has 3 aliphatic rings. The number of esters is 2. The number of pyridine rings is 1. The number of aromatic nitrogens is 2. The second-order valence-corrected chi connectivity index (χ2v) is 17.7. The fourth-order valence-corrected chi connectivity index (χ4v) is 8.94. The molecule has 12 atom stereocenters. The van der Waals surface area contributed by atoms with Gasteiger partial charge in [0.2, 0.25) is 5.91 Å². The molecule has 18 heteroatoms. The molecule has 5 heterocycles. The highest BCUT2D eigenvalue weighted by molar-refractivity contribution is 6.00. The van der Waals surface area contributed by atoms with Crippen molar-refractivity contribution >= 4 is 29.3 Å². The lowest BCUT2D eigenvalue weighted by molar-refractivity contribution is -0.298. The molecule has 1 amide bonds. The molecule has 1 fully saturated rings.